The first-order valence-corrected chi connectivity index (χ1v) is 10.4. The highest BCUT2D eigenvalue weighted by atomic mass is 16.2. The molecule has 3 aromatic carbocycles. The number of para-hydroxylation sites is 3. The quantitative estimate of drug-likeness (QED) is 0.418. The number of anilines is 3. The van der Waals surface area contributed by atoms with Crippen molar-refractivity contribution >= 4 is 29.0 Å². The van der Waals surface area contributed by atoms with E-state index in [4.69, 9.17) is 11.5 Å². The Morgan fingerprint density at radius 3 is 2.12 bits per heavy atom. The first-order valence-electron chi connectivity index (χ1n) is 10.4. The van der Waals surface area contributed by atoms with Crippen LogP contribution in [0.15, 0.2) is 78.9 Å². The van der Waals surface area contributed by atoms with Gasteiger partial charge < -0.3 is 27.0 Å². The van der Waals surface area contributed by atoms with E-state index >= 15 is 0 Å². The van der Waals surface area contributed by atoms with Crippen molar-refractivity contribution in [3.05, 3.63) is 90.0 Å². The van der Waals surface area contributed by atoms with Crippen LogP contribution in [0.2, 0.25) is 0 Å². The average Bonchev–Trinajstić information content (AvgIpc) is 2.75. The Labute approximate surface area is 188 Å². The van der Waals surface area contributed by atoms with Crippen LogP contribution in [-0.2, 0) is 6.54 Å². The maximum absolute atomic E-state index is 12.9. The van der Waals surface area contributed by atoms with Crippen LogP contribution in [0, 0.1) is 0 Å². The molecule has 0 aliphatic rings. The Morgan fingerprint density at radius 2 is 1.50 bits per heavy atom. The maximum Gasteiger partial charge on any atom is 0.322 e. The van der Waals surface area contributed by atoms with E-state index in [9.17, 15) is 9.59 Å². The molecule has 0 atom stereocenters. The molecule has 7 nitrogen and oxygen atoms in total. The Kier molecular flexibility index (Phi) is 7.12. The van der Waals surface area contributed by atoms with Gasteiger partial charge in [0.2, 0.25) is 0 Å². The molecule has 0 heterocycles. The predicted molar refractivity (Wildman–Crippen MR) is 129 cm³/mol. The van der Waals surface area contributed by atoms with Crippen molar-refractivity contribution in [1.29, 1.82) is 0 Å². The molecule has 0 saturated heterocycles. The van der Waals surface area contributed by atoms with Crippen molar-refractivity contribution in [1.82, 2.24) is 4.90 Å². The summed E-state index contributed by atoms with van der Waals surface area (Å²) in [5.74, 6) is -0.254. The Hall–Kier alpha value is -3.84. The van der Waals surface area contributed by atoms with E-state index in [1.54, 1.807) is 29.2 Å². The fourth-order valence-electron chi connectivity index (χ4n) is 3.20. The van der Waals surface area contributed by atoms with Gasteiger partial charge in [-0.05, 0) is 55.8 Å². The van der Waals surface area contributed by atoms with Crippen LogP contribution < -0.4 is 22.1 Å². The molecular formula is C25H29N5O2. The van der Waals surface area contributed by atoms with Crippen molar-refractivity contribution in [3.63, 3.8) is 0 Å². The second-order valence-corrected chi connectivity index (χ2v) is 8.38. The number of nitrogens with two attached hydrogens (primary N) is 2. The third-order valence-electron chi connectivity index (χ3n) is 4.71. The highest BCUT2D eigenvalue weighted by molar-refractivity contribution is 6.05. The van der Waals surface area contributed by atoms with Crippen molar-refractivity contribution in [2.45, 2.75) is 25.9 Å². The molecule has 3 amide bonds. The van der Waals surface area contributed by atoms with Gasteiger partial charge in [0.1, 0.15) is 0 Å². The molecule has 166 valence electrons. The van der Waals surface area contributed by atoms with E-state index in [-0.39, 0.29) is 11.9 Å². The first kappa shape index (κ1) is 22.8. The van der Waals surface area contributed by atoms with Gasteiger partial charge in [-0.3, -0.25) is 4.79 Å². The lowest BCUT2D eigenvalue weighted by Gasteiger charge is -2.30. The van der Waals surface area contributed by atoms with Crippen molar-refractivity contribution in [2.75, 3.05) is 22.9 Å². The molecule has 0 fully saturated rings. The molecule has 7 heteroatoms. The molecule has 0 bridgehead atoms. The van der Waals surface area contributed by atoms with Gasteiger partial charge in [-0.2, -0.15) is 0 Å². The van der Waals surface area contributed by atoms with E-state index in [0.29, 0.717) is 35.7 Å². The average molecular weight is 432 g/mol. The topological polar surface area (TPSA) is 113 Å². The van der Waals surface area contributed by atoms with Gasteiger partial charge in [-0.15, -0.1) is 0 Å². The Bertz CT molecular complexity index is 1060. The minimum absolute atomic E-state index is 0.240. The smallest absolute Gasteiger partial charge is 0.322 e. The van der Waals surface area contributed by atoms with Gasteiger partial charge in [0.05, 0.1) is 11.4 Å². The van der Waals surface area contributed by atoms with Crippen LogP contribution in [0.1, 0.15) is 29.8 Å². The number of urea groups is 1. The molecule has 32 heavy (non-hydrogen) atoms. The number of nitrogen functional groups attached to an aromatic ring is 1. The standard InChI is InChI=1S/C25H29N5O2/c1-25(2,27)17-30(24(32)28-20-8-4-3-5-9-20)16-18-12-14-19(15-13-18)23(31)29-22-11-7-6-10-21(22)26/h3-15H,16-17,26-27H2,1-2H3,(H,28,32)(H,29,31). The summed E-state index contributed by atoms with van der Waals surface area (Å²) in [5.41, 5.74) is 14.7. The van der Waals surface area contributed by atoms with Crippen LogP contribution in [0.25, 0.3) is 0 Å². The Morgan fingerprint density at radius 1 is 0.875 bits per heavy atom. The number of hydrogen-bond donors (Lipinski definition) is 4. The summed E-state index contributed by atoms with van der Waals surface area (Å²) in [6.07, 6.45) is 0. The number of carbonyl (C=O) groups excluding carboxylic acids is 2. The van der Waals surface area contributed by atoms with Crippen molar-refractivity contribution in [2.24, 2.45) is 5.73 Å². The lowest BCUT2D eigenvalue weighted by molar-refractivity contribution is 0.102. The van der Waals surface area contributed by atoms with Gasteiger partial charge in [0.25, 0.3) is 5.91 Å². The summed E-state index contributed by atoms with van der Waals surface area (Å²) in [4.78, 5) is 27.1. The number of nitrogens with zero attached hydrogens (tertiary/aromatic N) is 1. The van der Waals surface area contributed by atoms with Crippen LogP contribution in [0.5, 0.6) is 0 Å². The zero-order valence-corrected chi connectivity index (χ0v) is 18.3. The number of carbonyl (C=O) groups is 2. The molecule has 3 aromatic rings. The summed E-state index contributed by atoms with van der Waals surface area (Å²) in [6.45, 7) is 4.46. The van der Waals surface area contributed by atoms with E-state index in [2.05, 4.69) is 10.6 Å². The van der Waals surface area contributed by atoms with Gasteiger partial charge in [-0.25, -0.2) is 4.79 Å². The van der Waals surface area contributed by atoms with E-state index < -0.39 is 5.54 Å². The molecule has 0 radical (unpaired) electrons. The molecule has 0 spiro atoms. The van der Waals surface area contributed by atoms with Crippen LogP contribution >= 0.6 is 0 Å². The molecule has 0 aliphatic heterocycles. The molecule has 0 aliphatic carbocycles. The summed E-state index contributed by atoms with van der Waals surface area (Å²) in [5, 5.41) is 5.71. The predicted octanol–water partition coefficient (Wildman–Crippen LogP) is 4.29. The molecule has 0 aromatic heterocycles. The van der Waals surface area contributed by atoms with Crippen LogP contribution in [0.4, 0.5) is 21.9 Å². The number of nitrogens with one attached hydrogen (secondary N) is 2. The van der Waals surface area contributed by atoms with E-state index in [1.165, 1.54) is 0 Å². The second-order valence-electron chi connectivity index (χ2n) is 8.38. The van der Waals surface area contributed by atoms with E-state index in [0.717, 1.165) is 5.56 Å². The summed E-state index contributed by atoms with van der Waals surface area (Å²) >= 11 is 0. The van der Waals surface area contributed by atoms with Crippen molar-refractivity contribution in [3.8, 4) is 0 Å². The third kappa shape index (κ3) is 6.58. The Balaban J connectivity index is 1.70. The fraction of sp³-hybridized carbons (Fsp3) is 0.200. The summed E-state index contributed by atoms with van der Waals surface area (Å²) < 4.78 is 0. The fourth-order valence-corrected chi connectivity index (χ4v) is 3.20. The van der Waals surface area contributed by atoms with Crippen molar-refractivity contribution < 1.29 is 9.59 Å². The highest BCUT2D eigenvalue weighted by Crippen LogP contribution is 2.19. The van der Waals surface area contributed by atoms with E-state index in [1.807, 2.05) is 68.4 Å². The molecule has 0 saturated carbocycles. The zero-order valence-electron chi connectivity index (χ0n) is 18.3. The molecular weight excluding hydrogens is 402 g/mol. The monoisotopic (exact) mass is 431 g/mol. The molecule has 6 N–H and O–H groups in total. The largest absolute Gasteiger partial charge is 0.397 e. The lowest BCUT2D eigenvalue weighted by atomic mass is 10.1. The second kappa shape index (κ2) is 9.98. The normalized spacial score (nSPS) is 11.0. The maximum atomic E-state index is 12.9. The highest BCUT2D eigenvalue weighted by Gasteiger charge is 2.22. The van der Waals surface area contributed by atoms with Gasteiger partial charge in [0, 0.05) is 29.9 Å². The SMILES string of the molecule is CC(C)(N)CN(Cc1ccc(C(=O)Nc2ccccc2N)cc1)C(=O)Nc1ccccc1. The molecule has 0 unspecified atom stereocenters. The lowest BCUT2D eigenvalue weighted by Crippen LogP contribution is -2.48. The number of amides is 3. The number of hydrogen-bond acceptors (Lipinski definition) is 4. The minimum Gasteiger partial charge on any atom is -0.397 e. The van der Waals surface area contributed by atoms with Gasteiger partial charge in [-0.1, -0.05) is 42.5 Å². The third-order valence-corrected chi connectivity index (χ3v) is 4.71. The van der Waals surface area contributed by atoms with Gasteiger partial charge >= 0.3 is 6.03 Å². The molecule has 3 rings (SSSR count). The number of rotatable bonds is 7. The van der Waals surface area contributed by atoms with Crippen LogP contribution in [-0.4, -0.2) is 28.9 Å². The summed E-state index contributed by atoms with van der Waals surface area (Å²) in [7, 11) is 0. The first-order chi connectivity index (χ1) is 15.2. The zero-order chi connectivity index (χ0) is 23.1. The van der Waals surface area contributed by atoms with Gasteiger partial charge in [0.15, 0.2) is 0 Å². The van der Waals surface area contributed by atoms with Crippen LogP contribution in [0.3, 0.4) is 0 Å². The number of benzene rings is 3. The minimum atomic E-state index is -0.566. The summed E-state index contributed by atoms with van der Waals surface area (Å²) in [6, 6.07) is 23.2.